The fraction of sp³-hybridized carbons (Fsp3) is 0.625. The van der Waals surface area contributed by atoms with Crippen LogP contribution in [-0.4, -0.2) is 43.2 Å². The Balaban J connectivity index is 2.95. The Morgan fingerprint density at radius 2 is 2.05 bits per heavy atom. The number of aliphatic hydroxyl groups is 1. The molecule has 0 spiro atoms. The average molecular weight is 331 g/mol. The zero-order chi connectivity index (χ0) is 14.8. The van der Waals surface area contributed by atoms with Gasteiger partial charge in [0.2, 0.25) is 0 Å². The Morgan fingerprint density at radius 3 is 2.53 bits per heavy atom. The second-order valence-electron chi connectivity index (χ2n) is 3.64. The highest BCUT2D eigenvalue weighted by Crippen LogP contribution is 2.44. The van der Waals surface area contributed by atoms with Crippen LogP contribution in [0.5, 0.6) is 0 Å². The number of allylic oxidation sites excluding steroid dienone is 1. The Hall–Kier alpha value is -0.460. The van der Waals surface area contributed by atoms with Gasteiger partial charge in [0.15, 0.2) is 4.58 Å². The molecule has 0 bridgehead atoms. The van der Waals surface area contributed by atoms with Gasteiger partial charge in [0.1, 0.15) is 10.1 Å². The summed E-state index contributed by atoms with van der Waals surface area (Å²) in [5, 5.41) is 8.86. The highest BCUT2D eigenvalue weighted by Gasteiger charge is 2.33. The average Bonchev–Trinajstić information content (AvgIpc) is 2.59. The van der Waals surface area contributed by atoms with Gasteiger partial charge < -0.3 is 9.66 Å². The molecular formula is C8H13NO7S3-. The van der Waals surface area contributed by atoms with Gasteiger partial charge in [-0.15, -0.1) is 0 Å². The summed E-state index contributed by atoms with van der Waals surface area (Å²) in [7, 11) is -9.59. The maximum Gasteiger partial charge on any atom is 0.294 e. The van der Waals surface area contributed by atoms with Crippen LogP contribution >= 0.6 is 11.2 Å². The van der Waals surface area contributed by atoms with Crippen LogP contribution in [0.4, 0.5) is 0 Å². The third-order valence-electron chi connectivity index (χ3n) is 2.31. The van der Waals surface area contributed by atoms with Gasteiger partial charge in [-0.05, 0) is 13.8 Å². The first-order valence-electron chi connectivity index (χ1n) is 5.06. The standard InChI is InChI=1S/C8H14NO7S3/c1-6-8(3-4-10)17(5-9-6)16-19(14,15)7(2)18(11,12)13/h5,7,10H,3-4H2,1-2H3,(H,11,12,13)/p-1. The molecule has 0 saturated heterocycles. The summed E-state index contributed by atoms with van der Waals surface area (Å²) >= 11 is -1.38. The summed E-state index contributed by atoms with van der Waals surface area (Å²) in [6.45, 7) is 2.13. The Kier molecular flexibility index (Phi) is 5.15. The quantitative estimate of drug-likeness (QED) is 0.680. The van der Waals surface area contributed by atoms with Crippen LogP contribution < -0.4 is 0 Å². The fourth-order valence-corrected chi connectivity index (χ4v) is 5.34. The van der Waals surface area contributed by atoms with Crippen molar-refractivity contribution in [3.05, 3.63) is 10.6 Å². The van der Waals surface area contributed by atoms with Crippen LogP contribution in [0, 0.1) is 0 Å². The van der Waals surface area contributed by atoms with Gasteiger partial charge in [0.25, 0.3) is 10.1 Å². The maximum absolute atomic E-state index is 11.6. The van der Waals surface area contributed by atoms with Crippen LogP contribution in [0.1, 0.15) is 20.3 Å². The maximum atomic E-state index is 11.6. The molecular weight excluding hydrogens is 318 g/mol. The topological polar surface area (TPSA) is 133 Å². The predicted octanol–water partition coefficient (Wildman–Crippen LogP) is 0.0637. The van der Waals surface area contributed by atoms with Crippen LogP contribution in [0.15, 0.2) is 15.6 Å². The number of hydrogen-bond acceptors (Lipinski definition) is 8. The largest absolute Gasteiger partial charge is 0.747 e. The SMILES string of the molecule is CC1=C(CCO)[S](OS(=O)(=O)C(C)S(=O)(=O)[O-])C=N1. The Labute approximate surface area is 114 Å². The van der Waals surface area contributed by atoms with E-state index < -0.39 is 36.0 Å². The zero-order valence-electron chi connectivity index (χ0n) is 10.1. The minimum Gasteiger partial charge on any atom is -0.747 e. The lowest BCUT2D eigenvalue weighted by atomic mass is 10.3. The first-order chi connectivity index (χ1) is 8.59. The fourth-order valence-electron chi connectivity index (χ4n) is 1.15. The van der Waals surface area contributed by atoms with E-state index in [-0.39, 0.29) is 13.0 Å². The summed E-state index contributed by atoms with van der Waals surface area (Å²) in [5.41, 5.74) is 1.72. The molecule has 1 rings (SSSR count). The molecule has 111 valence electrons. The third kappa shape index (κ3) is 4.00. The van der Waals surface area contributed by atoms with E-state index in [2.05, 4.69) is 4.99 Å². The molecule has 0 aromatic rings. The van der Waals surface area contributed by atoms with E-state index in [9.17, 15) is 21.4 Å². The van der Waals surface area contributed by atoms with E-state index in [0.717, 1.165) is 6.92 Å². The van der Waals surface area contributed by atoms with Crippen LogP contribution in [0.3, 0.4) is 0 Å². The van der Waals surface area contributed by atoms with Crippen molar-refractivity contribution in [3.63, 3.8) is 0 Å². The third-order valence-corrected chi connectivity index (χ3v) is 7.98. The van der Waals surface area contributed by atoms with E-state index in [1.54, 1.807) is 6.92 Å². The first kappa shape index (κ1) is 16.6. The van der Waals surface area contributed by atoms with Crippen molar-refractivity contribution in [2.45, 2.75) is 24.9 Å². The van der Waals surface area contributed by atoms with Crippen molar-refractivity contribution >= 4 is 37.0 Å². The number of aliphatic imine (C=N–C) groups is 1. The highest BCUT2D eigenvalue weighted by molar-refractivity contribution is 8.31. The van der Waals surface area contributed by atoms with Crippen molar-refractivity contribution in [3.8, 4) is 0 Å². The predicted molar refractivity (Wildman–Crippen MR) is 69.6 cm³/mol. The van der Waals surface area contributed by atoms with Gasteiger partial charge in [0, 0.05) is 34.8 Å². The van der Waals surface area contributed by atoms with Crippen LogP contribution in [0.2, 0.25) is 0 Å². The molecule has 8 nitrogen and oxygen atoms in total. The Morgan fingerprint density at radius 1 is 1.47 bits per heavy atom. The summed E-state index contributed by atoms with van der Waals surface area (Å²) in [6.07, 6.45) is 0.156. The Bertz CT molecular complexity index is 604. The van der Waals surface area contributed by atoms with E-state index in [0.29, 0.717) is 10.6 Å². The van der Waals surface area contributed by atoms with Crippen molar-refractivity contribution < 1.29 is 30.1 Å². The molecule has 19 heavy (non-hydrogen) atoms. The summed E-state index contributed by atoms with van der Waals surface area (Å²) < 4.78 is 58.0. The molecule has 0 aromatic heterocycles. The summed E-state index contributed by atoms with van der Waals surface area (Å²) in [6, 6.07) is 0. The normalized spacial score (nSPS) is 19.2. The molecule has 11 heteroatoms. The van der Waals surface area contributed by atoms with Gasteiger partial charge >= 0.3 is 0 Å². The molecule has 1 unspecified atom stereocenters. The van der Waals surface area contributed by atoms with Crippen molar-refractivity contribution in [2.24, 2.45) is 4.99 Å². The van der Waals surface area contributed by atoms with Gasteiger partial charge in [-0.3, -0.25) is 4.99 Å². The summed E-state index contributed by atoms with van der Waals surface area (Å²) in [5.74, 6) is 0. The zero-order valence-corrected chi connectivity index (χ0v) is 12.6. The van der Waals surface area contributed by atoms with Gasteiger partial charge in [0.05, 0.1) is 5.55 Å². The van der Waals surface area contributed by atoms with Gasteiger partial charge in [-0.1, -0.05) is 0 Å². The lowest BCUT2D eigenvalue weighted by Crippen LogP contribution is -2.28. The van der Waals surface area contributed by atoms with Crippen molar-refractivity contribution in [2.75, 3.05) is 6.61 Å². The number of hydrogen-bond donors (Lipinski definition) is 1. The van der Waals surface area contributed by atoms with E-state index >= 15 is 0 Å². The number of aliphatic hydroxyl groups excluding tert-OH is 1. The van der Waals surface area contributed by atoms with Crippen molar-refractivity contribution in [1.29, 1.82) is 0 Å². The molecule has 1 aliphatic heterocycles. The molecule has 0 fully saturated rings. The van der Waals surface area contributed by atoms with Crippen molar-refractivity contribution in [1.82, 2.24) is 0 Å². The molecule has 1 atom stereocenters. The van der Waals surface area contributed by atoms with Crippen LogP contribution in [-0.2, 0) is 23.9 Å². The molecule has 1 N–H and O–H groups in total. The number of nitrogens with zero attached hydrogens (tertiary/aromatic N) is 1. The highest BCUT2D eigenvalue weighted by atomic mass is 32.3. The lowest BCUT2D eigenvalue weighted by Gasteiger charge is -2.19. The lowest BCUT2D eigenvalue weighted by molar-refractivity contribution is 0.301. The molecule has 0 saturated carbocycles. The molecule has 1 aliphatic rings. The van der Waals surface area contributed by atoms with Crippen LogP contribution in [0.25, 0.3) is 0 Å². The molecule has 0 aromatic carbocycles. The van der Waals surface area contributed by atoms with E-state index in [1.165, 1.54) is 5.55 Å². The van der Waals surface area contributed by atoms with Gasteiger partial charge in [-0.25, -0.2) is 8.42 Å². The molecule has 0 amide bonds. The monoisotopic (exact) mass is 331 g/mol. The second-order valence-corrected chi connectivity index (χ2v) is 9.16. The smallest absolute Gasteiger partial charge is 0.294 e. The minimum atomic E-state index is -5.01. The molecule has 0 aliphatic carbocycles. The molecule has 1 radical (unpaired) electrons. The second kappa shape index (κ2) is 5.89. The van der Waals surface area contributed by atoms with E-state index in [4.69, 9.17) is 8.74 Å². The van der Waals surface area contributed by atoms with Gasteiger partial charge in [-0.2, -0.15) is 12.0 Å². The first-order valence-corrected chi connectivity index (χ1v) is 9.21. The van der Waals surface area contributed by atoms with E-state index in [1.807, 2.05) is 0 Å². The number of rotatable bonds is 6. The molecule has 1 heterocycles. The minimum absolute atomic E-state index is 0.156. The summed E-state index contributed by atoms with van der Waals surface area (Å²) in [4.78, 5) is 4.32.